The van der Waals surface area contributed by atoms with Gasteiger partial charge in [-0.2, -0.15) is 0 Å². The first-order valence-corrected chi connectivity index (χ1v) is 14.2. The van der Waals surface area contributed by atoms with E-state index in [2.05, 4.69) is 63.6 Å². The Morgan fingerprint density at radius 1 is 1.13 bits per heavy atom. The van der Waals surface area contributed by atoms with Crippen molar-refractivity contribution in [3.05, 3.63) is 65.2 Å². The Morgan fingerprint density at radius 3 is 2.79 bits per heavy atom. The maximum atomic E-state index is 13.5. The minimum atomic E-state index is -0.669. The van der Waals surface area contributed by atoms with Crippen molar-refractivity contribution in [2.75, 3.05) is 25.5 Å². The summed E-state index contributed by atoms with van der Waals surface area (Å²) in [5.74, 6) is 2.51. The molecule has 3 heterocycles. The number of carbonyl (C=O) groups excluding carboxylic acids is 1. The summed E-state index contributed by atoms with van der Waals surface area (Å²) >= 11 is 0. The van der Waals surface area contributed by atoms with Crippen molar-refractivity contribution in [2.24, 2.45) is 17.8 Å². The summed E-state index contributed by atoms with van der Waals surface area (Å²) < 4.78 is 18.9. The highest BCUT2D eigenvalue weighted by Gasteiger charge is 2.67. The number of likely N-dealkylation sites (tertiary alicyclic amines) is 1. The standard InChI is InChI=1S/C31H37FN4O2/c1-38-23-8-11-28-25(15-23)31(30(37)33-28)16-26(31)21-7-9-24-27(34-35-29(24)14-21)10-6-19-2-4-20(5-3-19)17-36-13-12-22(32)18-36/h2-6,8,10-11,15,21-22,24,26-27,29,34-35H,7,9,12-14,16-18H2,1H3,(H,33,37)/b10-6+/t21?,22-,24?,26+,27?,29?,31+/m1/s1. The molecule has 1 spiro atoms. The molecule has 200 valence electrons. The Morgan fingerprint density at radius 2 is 2.00 bits per heavy atom. The van der Waals surface area contributed by atoms with Crippen molar-refractivity contribution >= 4 is 17.7 Å². The predicted octanol–water partition coefficient (Wildman–Crippen LogP) is 4.42. The summed E-state index contributed by atoms with van der Waals surface area (Å²) in [6, 6.07) is 15.4. The zero-order chi connectivity index (χ0) is 25.9. The molecule has 2 saturated heterocycles. The monoisotopic (exact) mass is 516 g/mol. The van der Waals surface area contributed by atoms with Crippen molar-refractivity contribution in [1.29, 1.82) is 0 Å². The lowest BCUT2D eigenvalue weighted by Gasteiger charge is -2.33. The van der Waals surface area contributed by atoms with E-state index >= 15 is 0 Å². The summed E-state index contributed by atoms with van der Waals surface area (Å²) in [4.78, 5) is 15.3. The molecule has 7 atom stereocenters. The Hall–Kier alpha value is -2.74. The van der Waals surface area contributed by atoms with Crippen LogP contribution in [0.3, 0.4) is 0 Å². The molecule has 4 unspecified atom stereocenters. The lowest BCUT2D eigenvalue weighted by atomic mass is 9.73. The van der Waals surface area contributed by atoms with E-state index in [-0.39, 0.29) is 11.3 Å². The van der Waals surface area contributed by atoms with Crippen molar-refractivity contribution in [1.82, 2.24) is 15.8 Å². The number of halogens is 1. The summed E-state index contributed by atoms with van der Waals surface area (Å²) in [6.07, 6.45) is 8.88. The van der Waals surface area contributed by atoms with Crippen LogP contribution in [-0.2, 0) is 16.8 Å². The van der Waals surface area contributed by atoms with Crippen LogP contribution in [0.1, 0.15) is 48.8 Å². The molecular weight excluding hydrogens is 479 g/mol. The van der Waals surface area contributed by atoms with Gasteiger partial charge in [-0.3, -0.25) is 20.5 Å². The van der Waals surface area contributed by atoms with Crippen molar-refractivity contribution in [3.63, 3.8) is 0 Å². The second-order valence-corrected chi connectivity index (χ2v) is 12.0. The van der Waals surface area contributed by atoms with Gasteiger partial charge in [-0.1, -0.05) is 36.4 Å². The zero-order valence-electron chi connectivity index (χ0n) is 22.0. The molecule has 0 bridgehead atoms. The predicted molar refractivity (Wildman–Crippen MR) is 146 cm³/mol. The van der Waals surface area contributed by atoms with Crippen LogP contribution < -0.4 is 20.9 Å². The van der Waals surface area contributed by atoms with E-state index in [4.69, 9.17) is 4.74 Å². The van der Waals surface area contributed by atoms with Crippen LogP contribution in [0.15, 0.2) is 48.5 Å². The molecule has 0 aromatic heterocycles. The van der Waals surface area contributed by atoms with E-state index in [1.165, 1.54) is 17.5 Å². The number of alkyl halides is 1. The van der Waals surface area contributed by atoms with Crippen LogP contribution in [0.2, 0.25) is 0 Å². The number of hydrazine groups is 1. The number of ether oxygens (including phenoxy) is 1. The molecule has 3 aliphatic heterocycles. The highest BCUT2D eigenvalue weighted by atomic mass is 19.1. The fraction of sp³-hybridized carbons (Fsp3) is 0.516. The van der Waals surface area contributed by atoms with E-state index in [0.717, 1.165) is 49.4 Å². The lowest BCUT2D eigenvalue weighted by molar-refractivity contribution is -0.118. The number of nitrogens with one attached hydrogen (secondary N) is 3. The normalized spacial score (nSPS) is 36.0. The Labute approximate surface area is 224 Å². The summed E-state index contributed by atoms with van der Waals surface area (Å²) in [7, 11) is 1.68. The van der Waals surface area contributed by atoms with Gasteiger partial charge in [0.2, 0.25) is 5.91 Å². The number of methoxy groups -OCH3 is 1. The average molecular weight is 517 g/mol. The molecule has 2 aromatic rings. The topological polar surface area (TPSA) is 65.6 Å². The van der Waals surface area contributed by atoms with Gasteiger partial charge in [0.1, 0.15) is 11.9 Å². The highest BCUT2D eigenvalue weighted by molar-refractivity contribution is 6.09. The van der Waals surface area contributed by atoms with Gasteiger partial charge in [-0.15, -0.1) is 0 Å². The van der Waals surface area contributed by atoms with E-state index in [1.54, 1.807) is 7.11 Å². The fourth-order valence-electron chi connectivity index (χ4n) is 7.74. The van der Waals surface area contributed by atoms with Crippen molar-refractivity contribution in [3.8, 4) is 5.75 Å². The molecule has 0 radical (unpaired) electrons. The first-order chi connectivity index (χ1) is 18.5. The van der Waals surface area contributed by atoms with Crippen LogP contribution in [-0.4, -0.2) is 49.3 Å². The van der Waals surface area contributed by atoms with E-state index in [9.17, 15) is 9.18 Å². The first kappa shape index (κ1) is 24.3. The largest absolute Gasteiger partial charge is 0.497 e. The first-order valence-electron chi connectivity index (χ1n) is 14.2. The van der Waals surface area contributed by atoms with Gasteiger partial charge in [0.25, 0.3) is 0 Å². The van der Waals surface area contributed by atoms with Crippen molar-refractivity contribution in [2.45, 2.75) is 62.3 Å². The zero-order valence-corrected chi connectivity index (χ0v) is 22.0. The minimum Gasteiger partial charge on any atom is -0.497 e. The number of nitrogens with zero attached hydrogens (tertiary/aromatic N) is 1. The van der Waals surface area contributed by atoms with Gasteiger partial charge in [0, 0.05) is 37.4 Å². The fourth-order valence-corrected chi connectivity index (χ4v) is 7.74. The van der Waals surface area contributed by atoms with E-state index in [1.807, 2.05) is 12.1 Å². The maximum Gasteiger partial charge on any atom is 0.235 e. The molecule has 2 saturated carbocycles. The van der Waals surface area contributed by atoms with Gasteiger partial charge in [0.15, 0.2) is 0 Å². The van der Waals surface area contributed by atoms with Crippen LogP contribution >= 0.6 is 0 Å². The molecular formula is C31H37FN4O2. The van der Waals surface area contributed by atoms with Crippen LogP contribution in [0, 0.1) is 17.8 Å². The molecule has 38 heavy (non-hydrogen) atoms. The SMILES string of the molecule is COc1ccc2c(c1)[C@]1(C[C@H]1C1CCC3C(/C=C/c4ccc(CN5CC[C@@H](F)C5)cc4)NNC3C1)C(=O)N2. The van der Waals surface area contributed by atoms with E-state index in [0.29, 0.717) is 42.8 Å². The molecule has 3 N–H and O–H groups in total. The van der Waals surface area contributed by atoms with Gasteiger partial charge >= 0.3 is 0 Å². The number of amides is 1. The minimum absolute atomic E-state index is 0.171. The lowest BCUT2D eigenvalue weighted by Crippen LogP contribution is -2.37. The van der Waals surface area contributed by atoms with Crippen LogP contribution in [0.5, 0.6) is 5.75 Å². The molecule has 4 fully saturated rings. The molecule has 1 amide bonds. The number of hydrogen-bond acceptors (Lipinski definition) is 5. The Bertz CT molecular complexity index is 1250. The smallest absolute Gasteiger partial charge is 0.235 e. The third-order valence-electron chi connectivity index (χ3n) is 9.88. The molecule has 6 nitrogen and oxygen atoms in total. The second kappa shape index (κ2) is 9.47. The van der Waals surface area contributed by atoms with Gasteiger partial charge in [-0.05, 0) is 84.7 Å². The quantitative estimate of drug-likeness (QED) is 0.531. The molecule has 2 aromatic carbocycles. The van der Waals surface area contributed by atoms with Gasteiger partial charge in [0.05, 0.1) is 12.5 Å². The third-order valence-corrected chi connectivity index (χ3v) is 9.88. The van der Waals surface area contributed by atoms with Crippen molar-refractivity contribution < 1.29 is 13.9 Å². The average Bonchev–Trinajstić information content (AvgIpc) is 3.19. The molecule has 2 aliphatic carbocycles. The Balaban J connectivity index is 0.966. The molecule has 7 rings (SSSR count). The van der Waals surface area contributed by atoms with Gasteiger partial charge < -0.3 is 10.1 Å². The second-order valence-electron chi connectivity index (χ2n) is 12.0. The number of rotatable bonds is 6. The number of anilines is 1. The third kappa shape index (κ3) is 4.16. The van der Waals surface area contributed by atoms with E-state index < -0.39 is 6.17 Å². The molecule has 7 heteroatoms. The number of hydrogen-bond donors (Lipinski definition) is 3. The summed E-state index contributed by atoms with van der Waals surface area (Å²) in [5, 5.41) is 3.13. The number of carbonyl (C=O) groups is 1. The van der Waals surface area contributed by atoms with Gasteiger partial charge in [-0.25, -0.2) is 4.39 Å². The number of fused-ring (bicyclic) bond motifs is 3. The van der Waals surface area contributed by atoms with Crippen LogP contribution in [0.25, 0.3) is 6.08 Å². The highest BCUT2D eigenvalue weighted by Crippen LogP contribution is 2.65. The van der Waals surface area contributed by atoms with Crippen LogP contribution in [0.4, 0.5) is 10.1 Å². The summed E-state index contributed by atoms with van der Waals surface area (Å²) in [6.45, 7) is 2.23. The summed E-state index contributed by atoms with van der Waals surface area (Å²) in [5.41, 5.74) is 11.3. The Kier molecular flexibility index (Phi) is 6.06. The number of benzene rings is 2. The molecule has 5 aliphatic rings. The maximum absolute atomic E-state index is 13.5.